The fourth-order valence-corrected chi connectivity index (χ4v) is 1.78. The molecule has 3 rings (SSSR count). The molecular weight excluding hydrogens is 230 g/mol. The van der Waals surface area contributed by atoms with Gasteiger partial charge in [0.25, 0.3) is 0 Å². The molecule has 18 heavy (non-hydrogen) atoms. The second kappa shape index (κ2) is 4.40. The lowest BCUT2D eigenvalue weighted by molar-refractivity contribution is 0.389. The van der Waals surface area contributed by atoms with Gasteiger partial charge in [0.1, 0.15) is 23.6 Å². The van der Waals surface area contributed by atoms with E-state index in [1.54, 1.807) is 18.6 Å². The summed E-state index contributed by atoms with van der Waals surface area (Å²) in [6, 6.07) is 1.91. The van der Waals surface area contributed by atoms with Crippen LogP contribution in [-0.2, 0) is 6.54 Å². The lowest BCUT2D eigenvalue weighted by Gasteiger charge is -2.04. The highest BCUT2D eigenvalue weighted by molar-refractivity contribution is 5.52. The van der Waals surface area contributed by atoms with Crippen molar-refractivity contribution in [3.05, 3.63) is 48.6 Å². The Bertz CT molecular complexity index is 643. The van der Waals surface area contributed by atoms with E-state index >= 15 is 0 Å². The number of aryl methyl sites for hydroxylation is 1. The lowest BCUT2D eigenvalue weighted by atomic mass is 10.3. The first-order chi connectivity index (χ1) is 8.83. The molecule has 0 unspecified atom stereocenters. The molecule has 0 fully saturated rings. The Labute approximate surface area is 103 Å². The zero-order valence-corrected chi connectivity index (χ0v) is 9.82. The molecule has 0 saturated carbocycles. The van der Waals surface area contributed by atoms with E-state index < -0.39 is 0 Å². The number of hydrogen-bond acceptors (Lipinski definition) is 5. The molecular formula is C12H11N5O. The Morgan fingerprint density at radius 2 is 2.11 bits per heavy atom. The van der Waals surface area contributed by atoms with Crippen molar-refractivity contribution in [2.24, 2.45) is 0 Å². The minimum Gasteiger partial charge on any atom is -0.361 e. The van der Waals surface area contributed by atoms with Crippen molar-refractivity contribution < 1.29 is 4.52 Å². The topological polar surface area (TPSA) is 69.6 Å². The van der Waals surface area contributed by atoms with Gasteiger partial charge in [-0.25, -0.2) is 15.0 Å². The molecule has 0 aromatic carbocycles. The maximum atomic E-state index is 5.05. The molecule has 6 nitrogen and oxygen atoms in total. The van der Waals surface area contributed by atoms with Crippen LogP contribution in [0.25, 0.3) is 11.4 Å². The summed E-state index contributed by atoms with van der Waals surface area (Å²) in [5.41, 5.74) is 1.74. The zero-order chi connectivity index (χ0) is 12.4. The number of rotatable bonds is 3. The molecule has 0 radical (unpaired) electrons. The highest BCUT2D eigenvalue weighted by atomic mass is 16.5. The van der Waals surface area contributed by atoms with Gasteiger partial charge in [-0.2, -0.15) is 0 Å². The molecule has 0 bridgehead atoms. The average Bonchev–Trinajstić information content (AvgIpc) is 3.00. The molecule has 3 aromatic rings. The normalized spacial score (nSPS) is 10.7. The van der Waals surface area contributed by atoms with Gasteiger partial charge in [0, 0.05) is 30.9 Å². The molecule has 0 aliphatic rings. The van der Waals surface area contributed by atoms with Crippen molar-refractivity contribution >= 4 is 0 Å². The third-order valence-electron chi connectivity index (χ3n) is 2.54. The van der Waals surface area contributed by atoms with Crippen LogP contribution in [0.1, 0.15) is 11.5 Å². The number of nitrogens with zero attached hydrogens (tertiary/aromatic N) is 5. The maximum absolute atomic E-state index is 5.05. The van der Waals surface area contributed by atoms with Crippen LogP contribution in [0.3, 0.4) is 0 Å². The SMILES string of the molecule is Cc1cc(Cn2ccnc2-c2cncnc2)no1. The fourth-order valence-electron chi connectivity index (χ4n) is 1.78. The van der Waals surface area contributed by atoms with Gasteiger partial charge in [-0.3, -0.25) is 0 Å². The van der Waals surface area contributed by atoms with Gasteiger partial charge in [0.2, 0.25) is 0 Å². The largest absolute Gasteiger partial charge is 0.361 e. The minimum atomic E-state index is 0.613. The molecule has 3 aromatic heterocycles. The summed E-state index contributed by atoms with van der Waals surface area (Å²) in [7, 11) is 0. The van der Waals surface area contributed by atoms with Crippen molar-refractivity contribution in [2.75, 3.05) is 0 Å². The van der Waals surface area contributed by atoms with Crippen LogP contribution < -0.4 is 0 Å². The summed E-state index contributed by atoms with van der Waals surface area (Å²) in [5, 5.41) is 3.97. The number of aromatic nitrogens is 5. The second-order valence-electron chi connectivity index (χ2n) is 3.93. The highest BCUT2D eigenvalue weighted by Gasteiger charge is 2.08. The van der Waals surface area contributed by atoms with Gasteiger partial charge in [-0.1, -0.05) is 5.16 Å². The predicted molar refractivity (Wildman–Crippen MR) is 63.6 cm³/mol. The van der Waals surface area contributed by atoms with Crippen LogP contribution in [-0.4, -0.2) is 24.7 Å². The van der Waals surface area contributed by atoms with E-state index in [0.717, 1.165) is 22.8 Å². The zero-order valence-electron chi connectivity index (χ0n) is 9.82. The summed E-state index contributed by atoms with van der Waals surface area (Å²) >= 11 is 0. The molecule has 0 aliphatic heterocycles. The molecule has 0 N–H and O–H groups in total. The van der Waals surface area contributed by atoms with E-state index in [-0.39, 0.29) is 0 Å². The summed E-state index contributed by atoms with van der Waals surface area (Å²) < 4.78 is 7.03. The van der Waals surface area contributed by atoms with Crippen LogP contribution >= 0.6 is 0 Å². The van der Waals surface area contributed by atoms with E-state index in [1.165, 1.54) is 6.33 Å². The van der Waals surface area contributed by atoms with E-state index in [4.69, 9.17) is 4.52 Å². The van der Waals surface area contributed by atoms with Gasteiger partial charge in [-0.15, -0.1) is 0 Å². The van der Waals surface area contributed by atoms with Gasteiger partial charge in [-0.05, 0) is 6.92 Å². The molecule has 0 amide bonds. The molecule has 0 aliphatic carbocycles. The summed E-state index contributed by atoms with van der Waals surface area (Å²) in [6.07, 6.45) is 8.61. The van der Waals surface area contributed by atoms with Crippen molar-refractivity contribution in [1.82, 2.24) is 24.7 Å². The monoisotopic (exact) mass is 241 g/mol. The Morgan fingerprint density at radius 1 is 1.28 bits per heavy atom. The van der Waals surface area contributed by atoms with Crippen LogP contribution in [0, 0.1) is 6.92 Å². The Kier molecular flexibility index (Phi) is 2.60. The Morgan fingerprint density at radius 3 is 2.83 bits per heavy atom. The summed E-state index contributed by atoms with van der Waals surface area (Å²) in [4.78, 5) is 12.3. The third kappa shape index (κ3) is 2.00. The first-order valence-electron chi connectivity index (χ1n) is 5.51. The van der Waals surface area contributed by atoms with Crippen LogP contribution in [0.4, 0.5) is 0 Å². The third-order valence-corrected chi connectivity index (χ3v) is 2.54. The summed E-state index contributed by atoms with van der Waals surface area (Å²) in [5.74, 6) is 1.62. The molecule has 0 saturated heterocycles. The van der Waals surface area contributed by atoms with E-state index in [9.17, 15) is 0 Å². The van der Waals surface area contributed by atoms with Crippen molar-refractivity contribution in [2.45, 2.75) is 13.5 Å². The second-order valence-corrected chi connectivity index (χ2v) is 3.93. The van der Waals surface area contributed by atoms with Gasteiger partial charge in [0.05, 0.1) is 12.1 Å². The first-order valence-corrected chi connectivity index (χ1v) is 5.51. The van der Waals surface area contributed by atoms with Gasteiger partial charge < -0.3 is 9.09 Å². The van der Waals surface area contributed by atoms with E-state index in [0.29, 0.717) is 6.54 Å². The minimum absolute atomic E-state index is 0.613. The first kappa shape index (κ1) is 10.6. The van der Waals surface area contributed by atoms with Crippen LogP contribution in [0.15, 0.2) is 41.7 Å². The van der Waals surface area contributed by atoms with E-state index in [1.807, 2.05) is 23.8 Å². The van der Waals surface area contributed by atoms with Crippen LogP contribution in [0.2, 0.25) is 0 Å². The molecule has 0 spiro atoms. The molecule has 3 heterocycles. The van der Waals surface area contributed by atoms with Gasteiger partial charge >= 0.3 is 0 Å². The molecule has 0 atom stereocenters. The van der Waals surface area contributed by atoms with Crippen molar-refractivity contribution in [3.63, 3.8) is 0 Å². The van der Waals surface area contributed by atoms with Crippen LogP contribution in [0.5, 0.6) is 0 Å². The Balaban J connectivity index is 1.93. The molecule has 90 valence electrons. The fraction of sp³-hybridized carbons (Fsp3) is 0.167. The summed E-state index contributed by atoms with van der Waals surface area (Å²) in [6.45, 7) is 2.48. The molecule has 6 heteroatoms. The van der Waals surface area contributed by atoms with Crippen molar-refractivity contribution in [1.29, 1.82) is 0 Å². The highest BCUT2D eigenvalue weighted by Crippen LogP contribution is 2.16. The quantitative estimate of drug-likeness (QED) is 0.697. The maximum Gasteiger partial charge on any atom is 0.143 e. The van der Waals surface area contributed by atoms with Crippen molar-refractivity contribution in [3.8, 4) is 11.4 Å². The van der Waals surface area contributed by atoms with E-state index in [2.05, 4.69) is 20.1 Å². The Hall–Kier alpha value is -2.50. The number of hydrogen-bond donors (Lipinski definition) is 0. The predicted octanol–water partition coefficient (Wildman–Crippen LogP) is 1.68. The van der Waals surface area contributed by atoms with Gasteiger partial charge in [0.15, 0.2) is 0 Å². The lowest BCUT2D eigenvalue weighted by Crippen LogP contribution is -2.01. The smallest absolute Gasteiger partial charge is 0.143 e. The number of imidazole rings is 1. The standard InChI is InChI=1S/C12H11N5O/c1-9-4-11(16-18-9)7-17-3-2-15-12(17)10-5-13-8-14-6-10/h2-6,8H,7H2,1H3. The average molecular weight is 241 g/mol.